The van der Waals surface area contributed by atoms with Crippen LogP contribution in [0.25, 0.3) is 0 Å². The summed E-state index contributed by atoms with van der Waals surface area (Å²) in [6.45, 7) is 6.76. The van der Waals surface area contributed by atoms with Crippen LogP contribution in [-0.4, -0.2) is 29.0 Å². The van der Waals surface area contributed by atoms with E-state index in [1.165, 1.54) is 0 Å². The second-order valence-electron chi connectivity index (χ2n) is 5.43. The van der Waals surface area contributed by atoms with E-state index in [0.717, 1.165) is 12.0 Å². The molecule has 4 heteroatoms. The molecule has 0 unspecified atom stereocenters. The van der Waals surface area contributed by atoms with Gasteiger partial charge in [-0.1, -0.05) is 30.3 Å². The van der Waals surface area contributed by atoms with E-state index in [2.05, 4.69) is 0 Å². The SMILES string of the molecule is CC(C)(C)OC(=O)N(CCCCl)Cc1ccccc1. The minimum atomic E-state index is -0.479. The van der Waals surface area contributed by atoms with Gasteiger partial charge >= 0.3 is 6.09 Å². The molecule has 1 rings (SSSR count). The van der Waals surface area contributed by atoms with Gasteiger partial charge < -0.3 is 9.64 Å². The molecule has 0 spiro atoms. The number of hydrogen-bond acceptors (Lipinski definition) is 2. The third kappa shape index (κ3) is 6.48. The van der Waals surface area contributed by atoms with E-state index in [1.807, 2.05) is 51.1 Å². The molecule has 1 amide bonds. The van der Waals surface area contributed by atoms with Crippen LogP contribution in [0, 0.1) is 0 Å². The average Bonchev–Trinajstić information content (AvgIpc) is 2.33. The van der Waals surface area contributed by atoms with Crippen molar-refractivity contribution < 1.29 is 9.53 Å². The van der Waals surface area contributed by atoms with Crippen LogP contribution >= 0.6 is 11.6 Å². The van der Waals surface area contributed by atoms with Gasteiger partial charge in [0.15, 0.2) is 0 Å². The first kappa shape index (κ1) is 15.8. The summed E-state index contributed by atoms with van der Waals surface area (Å²) in [6.07, 6.45) is 0.467. The molecule has 0 saturated heterocycles. The predicted molar refractivity (Wildman–Crippen MR) is 78.4 cm³/mol. The number of hydrogen-bond donors (Lipinski definition) is 0. The number of benzene rings is 1. The number of nitrogens with zero attached hydrogens (tertiary/aromatic N) is 1. The number of halogens is 1. The molecule has 106 valence electrons. The zero-order chi connectivity index (χ0) is 14.3. The Morgan fingerprint density at radius 2 is 1.89 bits per heavy atom. The highest BCUT2D eigenvalue weighted by atomic mass is 35.5. The lowest BCUT2D eigenvalue weighted by Gasteiger charge is -2.27. The Morgan fingerprint density at radius 1 is 1.26 bits per heavy atom. The molecule has 0 N–H and O–H groups in total. The maximum Gasteiger partial charge on any atom is 0.410 e. The van der Waals surface area contributed by atoms with Crippen LogP contribution < -0.4 is 0 Å². The second-order valence-corrected chi connectivity index (χ2v) is 5.81. The Balaban J connectivity index is 2.68. The predicted octanol–water partition coefficient (Wildman–Crippen LogP) is 4.05. The van der Waals surface area contributed by atoms with E-state index in [0.29, 0.717) is 19.0 Å². The maximum atomic E-state index is 12.1. The van der Waals surface area contributed by atoms with Crippen LogP contribution in [0.5, 0.6) is 0 Å². The molecule has 0 heterocycles. The highest BCUT2D eigenvalue weighted by molar-refractivity contribution is 6.17. The zero-order valence-corrected chi connectivity index (χ0v) is 12.6. The summed E-state index contributed by atoms with van der Waals surface area (Å²) in [6, 6.07) is 9.88. The first-order valence-electron chi connectivity index (χ1n) is 6.50. The quantitative estimate of drug-likeness (QED) is 0.763. The average molecular weight is 284 g/mol. The summed E-state index contributed by atoms with van der Waals surface area (Å²) in [4.78, 5) is 13.8. The van der Waals surface area contributed by atoms with Gasteiger partial charge in [-0.3, -0.25) is 0 Å². The van der Waals surface area contributed by atoms with Gasteiger partial charge in [0.2, 0.25) is 0 Å². The third-order valence-corrected chi connectivity index (χ3v) is 2.70. The van der Waals surface area contributed by atoms with Crippen molar-refractivity contribution in [2.24, 2.45) is 0 Å². The fourth-order valence-corrected chi connectivity index (χ4v) is 1.74. The van der Waals surface area contributed by atoms with Crippen molar-refractivity contribution in [3.8, 4) is 0 Å². The Morgan fingerprint density at radius 3 is 2.42 bits per heavy atom. The van der Waals surface area contributed by atoms with Gasteiger partial charge in [0.05, 0.1) is 0 Å². The second kappa shape index (κ2) is 7.39. The van der Waals surface area contributed by atoms with E-state index in [4.69, 9.17) is 16.3 Å². The molecular formula is C15H22ClNO2. The van der Waals surface area contributed by atoms with Crippen LogP contribution in [0.4, 0.5) is 4.79 Å². The Bertz CT molecular complexity index is 387. The molecule has 0 saturated carbocycles. The van der Waals surface area contributed by atoms with Crippen molar-refractivity contribution in [2.45, 2.75) is 39.3 Å². The third-order valence-electron chi connectivity index (χ3n) is 2.43. The lowest BCUT2D eigenvalue weighted by atomic mass is 10.2. The lowest BCUT2D eigenvalue weighted by molar-refractivity contribution is 0.0234. The van der Waals surface area contributed by atoms with Crippen molar-refractivity contribution >= 4 is 17.7 Å². The number of carbonyl (C=O) groups is 1. The number of carbonyl (C=O) groups excluding carboxylic acids is 1. The largest absolute Gasteiger partial charge is 0.444 e. The van der Waals surface area contributed by atoms with Crippen molar-refractivity contribution in [2.75, 3.05) is 12.4 Å². The van der Waals surface area contributed by atoms with Crippen molar-refractivity contribution in [3.63, 3.8) is 0 Å². The van der Waals surface area contributed by atoms with Gasteiger partial charge in [-0.05, 0) is 32.8 Å². The lowest BCUT2D eigenvalue weighted by Crippen LogP contribution is -2.37. The number of alkyl halides is 1. The summed E-state index contributed by atoms with van der Waals surface area (Å²) in [5, 5.41) is 0. The van der Waals surface area contributed by atoms with Crippen molar-refractivity contribution in [3.05, 3.63) is 35.9 Å². The van der Waals surface area contributed by atoms with Gasteiger partial charge in [-0.2, -0.15) is 0 Å². The molecule has 0 aliphatic rings. The molecule has 0 bridgehead atoms. The first-order chi connectivity index (χ1) is 8.92. The molecule has 3 nitrogen and oxygen atoms in total. The van der Waals surface area contributed by atoms with Crippen LogP contribution in [0.1, 0.15) is 32.8 Å². The number of ether oxygens (including phenoxy) is 1. The van der Waals surface area contributed by atoms with E-state index in [-0.39, 0.29) is 6.09 Å². The molecule has 0 aliphatic carbocycles. The molecule has 1 aromatic rings. The molecular weight excluding hydrogens is 262 g/mol. The van der Waals surface area contributed by atoms with Crippen molar-refractivity contribution in [1.82, 2.24) is 4.90 Å². The van der Waals surface area contributed by atoms with Gasteiger partial charge in [0.25, 0.3) is 0 Å². The Hall–Kier alpha value is -1.22. The molecule has 0 aromatic heterocycles. The topological polar surface area (TPSA) is 29.5 Å². The molecule has 0 aliphatic heterocycles. The first-order valence-corrected chi connectivity index (χ1v) is 7.03. The maximum absolute atomic E-state index is 12.1. The molecule has 0 atom stereocenters. The van der Waals surface area contributed by atoms with Crippen LogP contribution in [0.2, 0.25) is 0 Å². The highest BCUT2D eigenvalue weighted by Crippen LogP contribution is 2.13. The molecule has 19 heavy (non-hydrogen) atoms. The van der Waals surface area contributed by atoms with Gasteiger partial charge in [-0.15, -0.1) is 11.6 Å². The summed E-state index contributed by atoms with van der Waals surface area (Å²) < 4.78 is 5.41. The summed E-state index contributed by atoms with van der Waals surface area (Å²) in [5.41, 5.74) is 0.607. The fraction of sp³-hybridized carbons (Fsp3) is 0.533. The van der Waals surface area contributed by atoms with Gasteiger partial charge in [0, 0.05) is 19.0 Å². The summed E-state index contributed by atoms with van der Waals surface area (Å²) in [7, 11) is 0. The molecule has 0 fully saturated rings. The van der Waals surface area contributed by atoms with Crippen LogP contribution in [-0.2, 0) is 11.3 Å². The van der Waals surface area contributed by atoms with Crippen LogP contribution in [0.15, 0.2) is 30.3 Å². The smallest absolute Gasteiger partial charge is 0.410 e. The van der Waals surface area contributed by atoms with Crippen molar-refractivity contribution in [1.29, 1.82) is 0 Å². The fourth-order valence-electron chi connectivity index (χ4n) is 1.62. The van der Waals surface area contributed by atoms with E-state index in [1.54, 1.807) is 4.90 Å². The minimum Gasteiger partial charge on any atom is -0.444 e. The Kier molecular flexibility index (Phi) is 6.16. The summed E-state index contributed by atoms with van der Waals surface area (Å²) >= 11 is 5.71. The minimum absolute atomic E-state index is 0.290. The number of rotatable bonds is 5. The standard InChI is InChI=1S/C15H22ClNO2/c1-15(2,3)19-14(18)17(11-7-10-16)12-13-8-5-4-6-9-13/h4-6,8-9H,7,10-12H2,1-3H3. The Labute approximate surface area is 120 Å². The highest BCUT2D eigenvalue weighted by Gasteiger charge is 2.21. The monoisotopic (exact) mass is 283 g/mol. The molecule has 1 aromatic carbocycles. The number of amides is 1. The van der Waals surface area contributed by atoms with Gasteiger partial charge in [0.1, 0.15) is 5.60 Å². The van der Waals surface area contributed by atoms with E-state index in [9.17, 15) is 4.79 Å². The van der Waals surface area contributed by atoms with Gasteiger partial charge in [-0.25, -0.2) is 4.79 Å². The van der Waals surface area contributed by atoms with E-state index < -0.39 is 5.60 Å². The zero-order valence-electron chi connectivity index (χ0n) is 11.9. The summed E-state index contributed by atoms with van der Waals surface area (Å²) in [5.74, 6) is 0.536. The van der Waals surface area contributed by atoms with Crippen LogP contribution in [0.3, 0.4) is 0 Å². The molecule has 0 radical (unpaired) electrons. The van der Waals surface area contributed by atoms with E-state index >= 15 is 0 Å². The normalized spacial score (nSPS) is 11.2.